The Balaban J connectivity index is 1.38. The molecule has 6 heteroatoms. The fourth-order valence-corrected chi connectivity index (χ4v) is 4.48. The number of carbonyl (C=O) groups excluding carboxylic acids is 1. The molecule has 2 fully saturated rings. The van der Waals surface area contributed by atoms with E-state index in [4.69, 9.17) is 21.7 Å². The molecular weight excluding hydrogens is 390 g/mol. The van der Waals surface area contributed by atoms with Gasteiger partial charge in [-0.05, 0) is 42.2 Å². The van der Waals surface area contributed by atoms with Crippen molar-refractivity contribution in [3.63, 3.8) is 0 Å². The van der Waals surface area contributed by atoms with Gasteiger partial charge in [-0.25, -0.2) is 0 Å². The van der Waals surface area contributed by atoms with Crippen molar-refractivity contribution in [3.8, 4) is 5.75 Å². The molecule has 4 rings (SSSR count). The molecule has 1 amide bonds. The second-order valence-electron chi connectivity index (χ2n) is 6.77. The number of nitrogens with zero attached hydrogens (tertiary/aromatic N) is 1. The summed E-state index contributed by atoms with van der Waals surface area (Å²) in [6.07, 6.45) is 4.02. The van der Waals surface area contributed by atoms with Gasteiger partial charge >= 0.3 is 0 Å². The van der Waals surface area contributed by atoms with Crippen LogP contribution in [-0.4, -0.2) is 34.4 Å². The predicted octanol–water partition coefficient (Wildman–Crippen LogP) is 4.65. The van der Waals surface area contributed by atoms with Crippen molar-refractivity contribution >= 4 is 40.3 Å². The van der Waals surface area contributed by atoms with Crippen LogP contribution in [0.15, 0.2) is 59.5 Å². The highest BCUT2D eigenvalue weighted by Crippen LogP contribution is 2.33. The summed E-state index contributed by atoms with van der Waals surface area (Å²) < 4.78 is 12.1. The molecule has 0 aliphatic carbocycles. The van der Waals surface area contributed by atoms with Crippen molar-refractivity contribution in [1.29, 1.82) is 0 Å². The summed E-state index contributed by atoms with van der Waals surface area (Å²) in [4.78, 5) is 15.0. The highest BCUT2D eigenvalue weighted by molar-refractivity contribution is 8.26. The number of thioether (sulfide) groups is 1. The first-order valence-electron chi connectivity index (χ1n) is 9.33. The van der Waals surface area contributed by atoms with Gasteiger partial charge in [0.1, 0.15) is 16.7 Å². The maximum Gasteiger partial charge on any atom is 0.266 e. The predicted molar refractivity (Wildman–Crippen MR) is 116 cm³/mol. The van der Waals surface area contributed by atoms with Gasteiger partial charge in [0.25, 0.3) is 5.91 Å². The van der Waals surface area contributed by atoms with Gasteiger partial charge in [-0.15, -0.1) is 0 Å². The summed E-state index contributed by atoms with van der Waals surface area (Å²) in [6, 6.07) is 17.8. The van der Waals surface area contributed by atoms with Gasteiger partial charge in [-0.2, -0.15) is 0 Å². The molecule has 28 heavy (non-hydrogen) atoms. The summed E-state index contributed by atoms with van der Waals surface area (Å²) in [6.45, 7) is 1.85. The van der Waals surface area contributed by atoms with Gasteiger partial charge in [-0.3, -0.25) is 9.69 Å². The standard InChI is InChI=1S/C22H21NO3S2/c24-21-20(28-22(27)23(21)14-19-7-4-12-25-19)13-16-8-10-18(11-9-16)26-15-17-5-2-1-3-6-17/h1-3,5-6,8-11,13,19H,4,7,12,14-15H2. The van der Waals surface area contributed by atoms with Gasteiger partial charge < -0.3 is 9.47 Å². The van der Waals surface area contributed by atoms with Gasteiger partial charge in [0, 0.05) is 6.61 Å². The topological polar surface area (TPSA) is 38.8 Å². The molecule has 1 unspecified atom stereocenters. The average Bonchev–Trinajstić information content (AvgIpc) is 3.33. The van der Waals surface area contributed by atoms with E-state index < -0.39 is 0 Å². The quantitative estimate of drug-likeness (QED) is 0.511. The van der Waals surface area contributed by atoms with Gasteiger partial charge in [-0.1, -0.05) is 66.4 Å². The maximum atomic E-state index is 12.7. The molecule has 0 radical (unpaired) electrons. The van der Waals surface area contributed by atoms with Gasteiger partial charge in [0.15, 0.2) is 0 Å². The van der Waals surface area contributed by atoms with E-state index >= 15 is 0 Å². The second kappa shape index (κ2) is 8.90. The van der Waals surface area contributed by atoms with Crippen LogP contribution < -0.4 is 4.74 Å². The van der Waals surface area contributed by atoms with Crippen LogP contribution in [0.25, 0.3) is 6.08 Å². The first-order valence-corrected chi connectivity index (χ1v) is 10.6. The Hall–Kier alpha value is -2.15. The lowest BCUT2D eigenvalue weighted by molar-refractivity contribution is -0.123. The van der Waals surface area contributed by atoms with Crippen LogP contribution >= 0.6 is 24.0 Å². The van der Waals surface area contributed by atoms with Crippen molar-refractivity contribution in [1.82, 2.24) is 4.90 Å². The summed E-state index contributed by atoms with van der Waals surface area (Å²) in [5.74, 6) is 0.766. The van der Waals surface area contributed by atoms with E-state index in [1.807, 2.05) is 60.7 Å². The Bertz CT molecular complexity index is 874. The Morgan fingerprint density at radius 1 is 1.18 bits per heavy atom. The molecule has 0 saturated carbocycles. The number of hydrogen-bond donors (Lipinski definition) is 0. The summed E-state index contributed by atoms with van der Waals surface area (Å²) in [5, 5.41) is 0. The number of thiocarbonyl (C=S) groups is 1. The lowest BCUT2D eigenvalue weighted by Gasteiger charge is -2.18. The van der Waals surface area contributed by atoms with E-state index in [9.17, 15) is 4.79 Å². The lowest BCUT2D eigenvalue weighted by Crippen LogP contribution is -2.35. The van der Waals surface area contributed by atoms with E-state index in [0.717, 1.165) is 36.3 Å². The van der Waals surface area contributed by atoms with E-state index in [0.29, 0.717) is 22.4 Å². The number of amides is 1. The monoisotopic (exact) mass is 411 g/mol. The Kier molecular flexibility index (Phi) is 6.10. The third kappa shape index (κ3) is 4.63. The molecular formula is C22H21NO3S2. The minimum absolute atomic E-state index is 0.0325. The molecule has 2 aromatic rings. The van der Waals surface area contributed by atoms with Crippen LogP contribution in [0.3, 0.4) is 0 Å². The maximum absolute atomic E-state index is 12.7. The van der Waals surface area contributed by atoms with E-state index in [2.05, 4.69) is 0 Å². The average molecular weight is 412 g/mol. The van der Waals surface area contributed by atoms with Crippen LogP contribution in [-0.2, 0) is 16.1 Å². The molecule has 2 aliphatic rings. The zero-order valence-electron chi connectivity index (χ0n) is 15.4. The lowest BCUT2D eigenvalue weighted by atomic mass is 10.2. The van der Waals surface area contributed by atoms with Crippen molar-refractivity contribution < 1.29 is 14.3 Å². The molecule has 0 aromatic heterocycles. The summed E-state index contributed by atoms with van der Waals surface area (Å²) in [5.41, 5.74) is 2.08. The molecule has 1 atom stereocenters. The first-order chi connectivity index (χ1) is 13.7. The minimum Gasteiger partial charge on any atom is -0.489 e. The Morgan fingerprint density at radius 2 is 1.96 bits per heavy atom. The summed E-state index contributed by atoms with van der Waals surface area (Å²) >= 11 is 6.75. The number of hydrogen-bond acceptors (Lipinski definition) is 5. The Labute approximate surface area is 174 Å². The van der Waals surface area contributed by atoms with E-state index in [-0.39, 0.29) is 12.0 Å². The molecule has 0 spiro atoms. The van der Waals surface area contributed by atoms with Crippen LogP contribution in [0.4, 0.5) is 0 Å². The zero-order chi connectivity index (χ0) is 19.3. The molecule has 4 nitrogen and oxygen atoms in total. The van der Waals surface area contributed by atoms with Crippen LogP contribution in [0, 0.1) is 0 Å². The highest BCUT2D eigenvalue weighted by Gasteiger charge is 2.34. The largest absolute Gasteiger partial charge is 0.489 e. The van der Waals surface area contributed by atoms with Crippen LogP contribution in [0.1, 0.15) is 24.0 Å². The number of benzene rings is 2. The van der Waals surface area contributed by atoms with Crippen LogP contribution in [0.2, 0.25) is 0 Å². The fourth-order valence-electron chi connectivity index (χ4n) is 3.20. The Morgan fingerprint density at radius 3 is 2.68 bits per heavy atom. The van der Waals surface area contributed by atoms with Crippen molar-refractivity contribution in [2.24, 2.45) is 0 Å². The van der Waals surface area contributed by atoms with E-state index in [1.165, 1.54) is 11.8 Å². The van der Waals surface area contributed by atoms with Crippen molar-refractivity contribution in [2.45, 2.75) is 25.6 Å². The van der Waals surface area contributed by atoms with Crippen molar-refractivity contribution in [3.05, 3.63) is 70.6 Å². The molecule has 2 heterocycles. The summed E-state index contributed by atoms with van der Waals surface area (Å²) in [7, 11) is 0. The van der Waals surface area contributed by atoms with Crippen molar-refractivity contribution in [2.75, 3.05) is 13.2 Å². The van der Waals surface area contributed by atoms with Gasteiger partial charge in [0.2, 0.25) is 0 Å². The third-order valence-corrected chi connectivity index (χ3v) is 6.09. The van der Waals surface area contributed by atoms with E-state index in [1.54, 1.807) is 4.90 Å². The smallest absolute Gasteiger partial charge is 0.266 e. The molecule has 2 aliphatic heterocycles. The van der Waals surface area contributed by atoms with Gasteiger partial charge in [0.05, 0.1) is 17.6 Å². The SMILES string of the molecule is O=C1C(=Cc2ccc(OCc3ccccc3)cc2)SC(=S)N1CC1CCCO1. The van der Waals surface area contributed by atoms with Crippen LogP contribution in [0.5, 0.6) is 5.75 Å². The second-order valence-corrected chi connectivity index (χ2v) is 8.45. The number of rotatable bonds is 6. The minimum atomic E-state index is -0.0325. The third-order valence-electron chi connectivity index (χ3n) is 4.71. The number of ether oxygens (including phenoxy) is 2. The first kappa shape index (κ1) is 19.2. The fraction of sp³-hybridized carbons (Fsp3) is 0.273. The molecule has 0 bridgehead atoms. The molecule has 2 saturated heterocycles. The highest BCUT2D eigenvalue weighted by atomic mass is 32.2. The molecule has 2 aromatic carbocycles. The molecule has 144 valence electrons. The normalized spacial score (nSPS) is 20.9. The zero-order valence-corrected chi connectivity index (χ0v) is 17.0. The molecule has 0 N–H and O–H groups in total. The number of carbonyl (C=O) groups is 1.